The lowest BCUT2D eigenvalue weighted by atomic mass is 10.0. The van der Waals surface area contributed by atoms with Crippen LogP contribution in [-0.2, 0) is 17.5 Å². The van der Waals surface area contributed by atoms with Crippen molar-refractivity contribution in [2.45, 2.75) is 42.5 Å². The molecule has 4 heterocycles. The molecule has 0 amide bonds. The van der Waals surface area contributed by atoms with Gasteiger partial charge in [-0.25, -0.2) is 9.78 Å². The van der Waals surface area contributed by atoms with E-state index in [9.17, 15) is 27.9 Å². The number of carboxylic acid groups (broad SMARTS) is 1. The van der Waals surface area contributed by atoms with Crippen molar-refractivity contribution in [2.24, 2.45) is 0 Å². The highest BCUT2D eigenvalue weighted by Crippen LogP contribution is 2.51. The Morgan fingerprint density at radius 2 is 2.00 bits per heavy atom. The standard InChI is InChI=1S/C26H20ClF3N4O3S/c27-16-6-7-19-32-22(23(33(19)11-16)31-10-13-2-1-3-15(8-13)26(28,29)30)17-9-20(35)34-18(25(36)37)12-38-24(34)21(17)14-4-5-14/h1-3,6-9,11,14,18,31H,4-5,10,12H2,(H,36,37). The molecule has 0 spiro atoms. The number of thioether (sulfide) groups is 1. The normalized spacial score (nSPS) is 17.1. The molecule has 0 bridgehead atoms. The Balaban J connectivity index is 1.49. The number of hydrogen-bond donors (Lipinski definition) is 2. The lowest BCUT2D eigenvalue weighted by Gasteiger charge is -2.17. The summed E-state index contributed by atoms with van der Waals surface area (Å²) < 4.78 is 42.8. The number of anilines is 1. The molecule has 38 heavy (non-hydrogen) atoms. The summed E-state index contributed by atoms with van der Waals surface area (Å²) in [6.07, 6.45) is -1.01. The molecule has 196 valence electrons. The Bertz CT molecular complexity index is 1660. The number of alkyl halides is 3. The van der Waals surface area contributed by atoms with Gasteiger partial charge in [0.1, 0.15) is 23.2 Å². The number of pyridine rings is 2. The van der Waals surface area contributed by atoms with E-state index in [2.05, 4.69) is 5.32 Å². The van der Waals surface area contributed by atoms with E-state index in [-0.39, 0.29) is 18.2 Å². The third-order valence-electron chi connectivity index (χ3n) is 6.76. The molecule has 0 saturated heterocycles. The summed E-state index contributed by atoms with van der Waals surface area (Å²) in [6.45, 7) is 0.0652. The highest BCUT2D eigenvalue weighted by molar-refractivity contribution is 7.99. The summed E-state index contributed by atoms with van der Waals surface area (Å²) in [5, 5.41) is 13.9. The minimum atomic E-state index is -4.46. The van der Waals surface area contributed by atoms with E-state index >= 15 is 0 Å². The van der Waals surface area contributed by atoms with Gasteiger partial charge in [-0.05, 0) is 54.2 Å². The number of nitrogens with one attached hydrogen (secondary N) is 1. The summed E-state index contributed by atoms with van der Waals surface area (Å²) in [7, 11) is 0. The molecule has 7 nitrogen and oxygen atoms in total. The number of benzene rings is 1. The maximum absolute atomic E-state index is 13.3. The largest absolute Gasteiger partial charge is 0.480 e. The number of fused-ring (bicyclic) bond motifs is 2. The third-order valence-corrected chi connectivity index (χ3v) is 8.15. The van der Waals surface area contributed by atoms with E-state index in [1.54, 1.807) is 28.8 Å². The fourth-order valence-electron chi connectivity index (χ4n) is 4.85. The lowest BCUT2D eigenvalue weighted by Crippen LogP contribution is -2.29. The second-order valence-electron chi connectivity index (χ2n) is 9.36. The zero-order valence-corrected chi connectivity index (χ0v) is 21.2. The first-order valence-electron chi connectivity index (χ1n) is 11.8. The molecule has 1 atom stereocenters. The molecule has 2 aliphatic rings. The molecule has 1 aliphatic carbocycles. The molecule has 1 saturated carbocycles. The van der Waals surface area contributed by atoms with Crippen molar-refractivity contribution >= 4 is 40.8 Å². The molecule has 1 aromatic carbocycles. The van der Waals surface area contributed by atoms with E-state index in [0.717, 1.165) is 30.5 Å². The topological polar surface area (TPSA) is 88.6 Å². The maximum Gasteiger partial charge on any atom is 0.416 e. The van der Waals surface area contributed by atoms with Crippen LogP contribution < -0.4 is 10.9 Å². The molecule has 12 heteroatoms. The van der Waals surface area contributed by atoms with Crippen LogP contribution in [0.3, 0.4) is 0 Å². The molecule has 1 aliphatic heterocycles. The predicted octanol–water partition coefficient (Wildman–Crippen LogP) is 6.06. The first-order valence-corrected chi connectivity index (χ1v) is 13.2. The Labute approximate surface area is 223 Å². The van der Waals surface area contributed by atoms with E-state index in [0.29, 0.717) is 38.3 Å². The van der Waals surface area contributed by atoms with Crippen molar-refractivity contribution in [1.29, 1.82) is 0 Å². The second kappa shape index (κ2) is 9.09. The molecule has 1 unspecified atom stereocenters. The second-order valence-corrected chi connectivity index (χ2v) is 10.8. The van der Waals surface area contributed by atoms with Crippen LogP contribution in [0.4, 0.5) is 19.0 Å². The van der Waals surface area contributed by atoms with Gasteiger partial charge in [-0.15, -0.1) is 11.8 Å². The van der Waals surface area contributed by atoms with Gasteiger partial charge < -0.3 is 10.4 Å². The zero-order chi connectivity index (χ0) is 26.8. The van der Waals surface area contributed by atoms with Gasteiger partial charge in [0, 0.05) is 30.1 Å². The molecule has 2 N–H and O–H groups in total. The first-order chi connectivity index (χ1) is 18.1. The van der Waals surface area contributed by atoms with Gasteiger partial charge in [0.15, 0.2) is 0 Å². The van der Waals surface area contributed by atoms with Crippen LogP contribution >= 0.6 is 23.4 Å². The Hall–Kier alpha value is -3.44. The van der Waals surface area contributed by atoms with Crippen LogP contribution in [0.15, 0.2) is 58.5 Å². The summed E-state index contributed by atoms with van der Waals surface area (Å²) >= 11 is 7.61. The van der Waals surface area contributed by atoms with Crippen LogP contribution in [0.1, 0.15) is 41.5 Å². The minimum absolute atomic E-state index is 0.0652. The van der Waals surface area contributed by atoms with Gasteiger partial charge in [-0.2, -0.15) is 13.2 Å². The summed E-state index contributed by atoms with van der Waals surface area (Å²) in [4.78, 5) is 29.8. The molecular weight excluding hydrogens is 541 g/mol. The highest BCUT2D eigenvalue weighted by Gasteiger charge is 2.39. The third kappa shape index (κ3) is 4.33. The molecule has 0 radical (unpaired) electrons. The number of halogens is 4. The van der Waals surface area contributed by atoms with Crippen molar-refractivity contribution in [3.8, 4) is 11.3 Å². The maximum atomic E-state index is 13.3. The first kappa shape index (κ1) is 24.9. The minimum Gasteiger partial charge on any atom is -0.480 e. The quantitative estimate of drug-likeness (QED) is 0.298. The van der Waals surface area contributed by atoms with E-state index in [1.807, 2.05) is 0 Å². The summed E-state index contributed by atoms with van der Waals surface area (Å²) in [5.41, 5.74) is 1.71. The van der Waals surface area contributed by atoms with Gasteiger partial charge >= 0.3 is 12.1 Å². The summed E-state index contributed by atoms with van der Waals surface area (Å²) in [6, 6.07) is 8.94. The van der Waals surface area contributed by atoms with E-state index in [4.69, 9.17) is 16.6 Å². The molecule has 3 aromatic heterocycles. The number of carboxylic acids is 1. The van der Waals surface area contributed by atoms with Crippen LogP contribution in [0.2, 0.25) is 5.02 Å². The Morgan fingerprint density at radius 3 is 2.71 bits per heavy atom. The van der Waals surface area contributed by atoms with Crippen molar-refractivity contribution in [1.82, 2.24) is 14.0 Å². The van der Waals surface area contributed by atoms with Crippen molar-refractivity contribution in [3.63, 3.8) is 0 Å². The SMILES string of the molecule is O=C(O)C1CSc2c(C3CC3)c(-c3nc4ccc(Cl)cn4c3NCc3cccc(C(F)(F)F)c3)cc(=O)n21. The average Bonchev–Trinajstić information content (AvgIpc) is 3.49. The molecular formula is C26H20ClF3N4O3S. The number of imidazole rings is 1. The van der Waals surface area contributed by atoms with Crippen LogP contribution in [0, 0.1) is 0 Å². The fraction of sp³-hybridized carbons (Fsp3) is 0.269. The number of aromatic nitrogens is 3. The van der Waals surface area contributed by atoms with Gasteiger partial charge in [0.2, 0.25) is 0 Å². The molecule has 1 fully saturated rings. The van der Waals surface area contributed by atoms with E-state index in [1.165, 1.54) is 28.5 Å². The van der Waals surface area contributed by atoms with Gasteiger partial charge in [0.05, 0.1) is 15.6 Å². The Kier molecular flexibility index (Phi) is 5.95. The average molecular weight is 561 g/mol. The van der Waals surface area contributed by atoms with Gasteiger partial charge in [-0.3, -0.25) is 13.8 Å². The highest BCUT2D eigenvalue weighted by atomic mass is 35.5. The Morgan fingerprint density at radius 1 is 1.21 bits per heavy atom. The van der Waals surface area contributed by atoms with Gasteiger partial charge in [0.25, 0.3) is 5.56 Å². The van der Waals surface area contributed by atoms with Crippen molar-refractivity contribution < 1.29 is 23.1 Å². The zero-order valence-electron chi connectivity index (χ0n) is 19.6. The lowest BCUT2D eigenvalue weighted by molar-refractivity contribution is -0.140. The number of rotatable bonds is 6. The molecule has 4 aromatic rings. The molecule has 6 rings (SSSR count). The fourth-order valence-corrected chi connectivity index (χ4v) is 6.41. The van der Waals surface area contributed by atoms with Gasteiger partial charge in [-0.1, -0.05) is 23.7 Å². The number of aliphatic carboxylic acids is 1. The van der Waals surface area contributed by atoms with Crippen LogP contribution in [0.25, 0.3) is 16.9 Å². The number of hydrogen-bond acceptors (Lipinski definition) is 5. The predicted molar refractivity (Wildman–Crippen MR) is 138 cm³/mol. The van der Waals surface area contributed by atoms with Crippen LogP contribution in [-0.4, -0.2) is 30.8 Å². The monoisotopic (exact) mass is 560 g/mol. The van der Waals surface area contributed by atoms with Crippen LogP contribution in [0.5, 0.6) is 0 Å². The smallest absolute Gasteiger partial charge is 0.416 e. The summed E-state index contributed by atoms with van der Waals surface area (Å²) in [5.74, 6) is -0.158. The van der Waals surface area contributed by atoms with E-state index < -0.39 is 29.3 Å². The number of nitrogens with zero attached hydrogens (tertiary/aromatic N) is 3. The number of carbonyl (C=O) groups is 1. The van der Waals surface area contributed by atoms with Crippen molar-refractivity contribution in [3.05, 3.63) is 80.7 Å². The van der Waals surface area contributed by atoms with Crippen molar-refractivity contribution in [2.75, 3.05) is 11.1 Å².